The summed E-state index contributed by atoms with van der Waals surface area (Å²) in [4.78, 5) is 30.0. The number of aromatic nitrogens is 2. The predicted octanol–water partition coefficient (Wildman–Crippen LogP) is 2.46. The molecule has 1 fully saturated rings. The zero-order valence-electron chi connectivity index (χ0n) is 16.2. The number of likely N-dealkylation sites (tertiary alicyclic amines) is 1. The molecule has 0 saturated carbocycles. The van der Waals surface area contributed by atoms with Gasteiger partial charge in [-0.25, -0.2) is 4.79 Å². The molecule has 0 atom stereocenters. The highest BCUT2D eigenvalue weighted by atomic mass is 16.6. The molecule has 0 aromatic carbocycles. The Morgan fingerprint density at radius 2 is 2.00 bits per heavy atom. The van der Waals surface area contributed by atoms with E-state index in [2.05, 4.69) is 15.5 Å². The third-order valence-electron chi connectivity index (χ3n) is 4.20. The Kier molecular flexibility index (Phi) is 6.99. The Balaban J connectivity index is 1.59. The van der Waals surface area contributed by atoms with Crippen LogP contribution in [-0.4, -0.2) is 52.3 Å². The van der Waals surface area contributed by atoms with Gasteiger partial charge in [0.05, 0.1) is 0 Å². The average molecular weight is 366 g/mol. The topological polar surface area (TPSA) is 97.6 Å². The predicted molar refractivity (Wildman–Crippen MR) is 95.5 cm³/mol. The van der Waals surface area contributed by atoms with Crippen LogP contribution in [0.3, 0.4) is 0 Å². The van der Waals surface area contributed by atoms with Gasteiger partial charge in [-0.2, -0.15) is 4.98 Å². The van der Waals surface area contributed by atoms with Gasteiger partial charge in [0.15, 0.2) is 5.82 Å². The second-order valence-electron chi connectivity index (χ2n) is 7.80. The van der Waals surface area contributed by atoms with Gasteiger partial charge in [0.2, 0.25) is 11.8 Å². The SMILES string of the molecule is Cc1noc(CCCNC(=O)CC2CCN(C(=O)OC(C)(C)C)CC2)n1. The third kappa shape index (κ3) is 7.01. The van der Waals surface area contributed by atoms with Gasteiger partial charge in [0, 0.05) is 32.5 Å². The maximum absolute atomic E-state index is 12.1. The third-order valence-corrected chi connectivity index (χ3v) is 4.20. The molecule has 0 unspecified atom stereocenters. The van der Waals surface area contributed by atoms with Gasteiger partial charge in [-0.05, 0) is 52.9 Å². The Hall–Kier alpha value is -2.12. The molecule has 146 valence electrons. The molecule has 1 saturated heterocycles. The molecule has 0 aliphatic carbocycles. The fourth-order valence-corrected chi connectivity index (χ4v) is 2.89. The molecule has 2 rings (SSSR count). The number of aryl methyl sites for hydroxylation is 2. The van der Waals surface area contributed by atoms with E-state index in [-0.39, 0.29) is 12.0 Å². The molecule has 1 aliphatic heterocycles. The molecule has 1 aliphatic rings. The molecule has 2 heterocycles. The number of carbonyl (C=O) groups is 2. The van der Waals surface area contributed by atoms with E-state index in [0.29, 0.717) is 50.1 Å². The molecule has 8 heteroatoms. The number of hydrogen-bond donors (Lipinski definition) is 1. The van der Waals surface area contributed by atoms with Crippen LogP contribution in [-0.2, 0) is 16.0 Å². The van der Waals surface area contributed by atoms with Crippen molar-refractivity contribution in [1.82, 2.24) is 20.4 Å². The molecule has 0 spiro atoms. The standard InChI is InChI=1S/C18H30N4O4/c1-13-20-16(26-21-13)6-5-9-19-15(23)12-14-7-10-22(11-8-14)17(24)25-18(2,3)4/h14H,5-12H2,1-4H3,(H,19,23). The van der Waals surface area contributed by atoms with Crippen molar-refractivity contribution in [3.05, 3.63) is 11.7 Å². The lowest BCUT2D eigenvalue weighted by Crippen LogP contribution is -2.42. The van der Waals surface area contributed by atoms with Gasteiger partial charge in [-0.1, -0.05) is 5.16 Å². The summed E-state index contributed by atoms with van der Waals surface area (Å²) in [6.45, 7) is 9.25. The Bertz CT molecular complexity index is 601. The summed E-state index contributed by atoms with van der Waals surface area (Å²) in [6.07, 6.45) is 3.32. The van der Waals surface area contributed by atoms with Crippen LogP contribution in [0.4, 0.5) is 4.79 Å². The first-order valence-corrected chi connectivity index (χ1v) is 9.27. The van der Waals surface area contributed by atoms with E-state index in [1.54, 1.807) is 11.8 Å². The van der Waals surface area contributed by atoms with Crippen molar-refractivity contribution in [2.75, 3.05) is 19.6 Å². The summed E-state index contributed by atoms with van der Waals surface area (Å²) in [7, 11) is 0. The van der Waals surface area contributed by atoms with Gasteiger partial charge in [0.25, 0.3) is 0 Å². The van der Waals surface area contributed by atoms with Crippen molar-refractivity contribution < 1.29 is 18.8 Å². The zero-order chi connectivity index (χ0) is 19.2. The van der Waals surface area contributed by atoms with Crippen LogP contribution in [0.15, 0.2) is 4.52 Å². The van der Waals surface area contributed by atoms with Gasteiger partial charge < -0.3 is 19.5 Å². The van der Waals surface area contributed by atoms with Crippen molar-refractivity contribution >= 4 is 12.0 Å². The lowest BCUT2D eigenvalue weighted by molar-refractivity contribution is -0.122. The summed E-state index contributed by atoms with van der Waals surface area (Å²) in [6, 6.07) is 0. The number of carbonyl (C=O) groups excluding carboxylic acids is 2. The summed E-state index contributed by atoms with van der Waals surface area (Å²) < 4.78 is 10.4. The fourth-order valence-electron chi connectivity index (χ4n) is 2.89. The Morgan fingerprint density at radius 1 is 1.31 bits per heavy atom. The second-order valence-corrected chi connectivity index (χ2v) is 7.80. The van der Waals surface area contributed by atoms with E-state index in [0.717, 1.165) is 19.3 Å². The van der Waals surface area contributed by atoms with Crippen LogP contribution >= 0.6 is 0 Å². The zero-order valence-corrected chi connectivity index (χ0v) is 16.2. The molecule has 0 bridgehead atoms. The van der Waals surface area contributed by atoms with E-state index in [4.69, 9.17) is 9.26 Å². The first-order valence-electron chi connectivity index (χ1n) is 9.27. The van der Waals surface area contributed by atoms with E-state index in [1.165, 1.54) is 0 Å². The van der Waals surface area contributed by atoms with Crippen LogP contribution in [0.5, 0.6) is 0 Å². The minimum atomic E-state index is -0.478. The normalized spacial score (nSPS) is 15.8. The van der Waals surface area contributed by atoms with E-state index >= 15 is 0 Å². The monoisotopic (exact) mass is 366 g/mol. The highest BCUT2D eigenvalue weighted by molar-refractivity contribution is 5.76. The molecule has 26 heavy (non-hydrogen) atoms. The number of nitrogens with zero attached hydrogens (tertiary/aromatic N) is 3. The average Bonchev–Trinajstić information content (AvgIpc) is 2.96. The van der Waals surface area contributed by atoms with Gasteiger partial charge in [-0.15, -0.1) is 0 Å². The molecule has 1 aromatic rings. The molecule has 1 aromatic heterocycles. The van der Waals surface area contributed by atoms with Crippen molar-refractivity contribution in [2.24, 2.45) is 5.92 Å². The smallest absolute Gasteiger partial charge is 0.410 e. The number of piperidine rings is 1. The molecule has 2 amide bonds. The highest BCUT2D eigenvalue weighted by Gasteiger charge is 2.27. The first-order chi connectivity index (χ1) is 12.2. The van der Waals surface area contributed by atoms with Gasteiger partial charge >= 0.3 is 6.09 Å². The maximum Gasteiger partial charge on any atom is 0.410 e. The van der Waals surface area contributed by atoms with Crippen LogP contribution < -0.4 is 5.32 Å². The second kappa shape index (κ2) is 9.00. The van der Waals surface area contributed by atoms with Crippen molar-refractivity contribution in [3.8, 4) is 0 Å². The number of nitrogens with one attached hydrogen (secondary N) is 1. The Morgan fingerprint density at radius 3 is 2.58 bits per heavy atom. The summed E-state index contributed by atoms with van der Waals surface area (Å²) in [5.74, 6) is 1.60. The van der Waals surface area contributed by atoms with Gasteiger partial charge in [-0.3, -0.25) is 4.79 Å². The van der Waals surface area contributed by atoms with Crippen LogP contribution in [0.25, 0.3) is 0 Å². The number of ether oxygens (including phenoxy) is 1. The van der Waals surface area contributed by atoms with Crippen molar-refractivity contribution in [1.29, 1.82) is 0 Å². The number of amides is 2. The molecule has 0 radical (unpaired) electrons. The largest absolute Gasteiger partial charge is 0.444 e. The Labute approximate surface area is 154 Å². The highest BCUT2D eigenvalue weighted by Crippen LogP contribution is 2.22. The number of hydrogen-bond acceptors (Lipinski definition) is 6. The van der Waals surface area contributed by atoms with Crippen molar-refractivity contribution in [2.45, 2.75) is 65.4 Å². The quantitative estimate of drug-likeness (QED) is 0.777. The minimum absolute atomic E-state index is 0.0578. The van der Waals surface area contributed by atoms with E-state index < -0.39 is 5.60 Å². The van der Waals surface area contributed by atoms with Gasteiger partial charge in [0.1, 0.15) is 5.60 Å². The van der Waals surface area contributed by atoms with E-state index in [1.807, 2.05) is 20.8 Å². The summed E-state index contributed by atoms with van der Waals surface area (Å²) >= 11 is 0. The minimum Gasteiger partial charge on any atom is -0.444 e. The van der Waals surface area contributed by atoms with Crippen molar-refractivity contribution in [3.63, 3.8) is 0 Å². The lowest BCUT2D eigenvalue weighted by atomic mass is 9.93. The summed E-state index contributed by atoms with van der Waals surface area (Å²) in [5, 5.41) is 6.67. The van der Waals surface area contributed by atoms with Crippen LogP contribution in [0, 0.1) is 12.8 Å². The molecule has 8 nitrogen and oxygen atoms in total. The fraction of sp³-hybridized carbons (Fsp3) is 0.778. The van der Waals surface area contributed by atoms with E-state index in [9.17, 15) is 9.59 Å². The molecule has 1 N–H and O–H groups in total. The molecular formula is C18H30N4O4. The number of rotatable bonds is 6. The van der Waals surface area contributed by atoms with Crippen LogP contribution in [0.1, 0.15) is 58.2 Å². The van der Waals surface area contributed by atoms with Crippen LogP contribution in [0.2, 0.25) is 0 Å². The summed E-state index contributed by atoms with van der Waals surface area (Å²) in [5.41, 5.74) is -0.478. The maximum atomic E-state index is 12.1. The molecular weight excluding hydrogens is 336 g/mol. The first kappa shape index (κ1) is 20.2. The lowest BCUT2D eigenvalue weighted by Gasteiger charge is -2.33.